The molecule has 1 fully saturated rings. The number of hydrogen-bond donors (Lipinski definition) is 1. The fourth-order valence-electron chi connectivity index (χ4n) is 4.03. The number of ether oxygens (including phenoxy) is 1. The molecular formula is C25H34FN3O3S. The van der Waals surface area contributed by atoms with Gasteiger partial charge in [-0.1, -0.05) is 6.92 Å². The molecule has 0 saturated carbocycles. The number of hydrogen-bond acceptors (Lipinski definition) is 5. The van der Waals surface area contributed by atoms with Crippen LogP contribution in [0.1, 0.15) is 55.4 Å². The number of aromatic nitrogens is 1. The van der Waals surface area contributed by atoms with E-state index in [4.69, 9.17) is 4.74 Å². The van der Waals surface area contributed by atoms with Crippen molar-refractivity contribution in [2.24, 2.45) is 11.8 Å². The van der Waals surface area contributed by atoms with E-state index < -0.39 is 0 Å². The van der Waals surface area contributed by atoms with Gasteiger partial charge in [-0.3, -0.25) is 9.59 Å². The van der Waals surface area contributed by atoms with E-state index in [2.05, 4.69) is 10.3 Å². The van der Waals surface area contributed by atoms with Crippen molar-refractivity contribution in [1.82, 2.24) is 15.2 Å². The third-order valence-electron chi connectivity index (χ3n) is 6.10. The molecule has 180 valence electrons. The topological polar surface area (TPSA) is 71.5 Å². The molecule has 0 aliphatic carbocycles. The average molecular weight is 476 g/mol. The summed E-state index contributed by atoms with van der Waals surface area (Å²) in [6, 6.07) is 6.15. The summed E-state index contributed by atoms with van der Waals surface area (Å²) < 4.78 is 18.7. The largest absolute Gasteiger partial charge is 0.379 e. The van der Waals surface area contributed by atoms with E-state index in [9.17, 15) is 14.0 Å². The van der Waals surface area contributed by atoms with Crippen molar-refractivity contribution in [1.29, 1.82) is 0 Å². The second-order valence-corrected chi connectivity index (χ2v) is 9.92. The molecule has 0 radical (unpaired) electrons. The van der Waals surface area contributed by atoms with Crippen molar-refractivity contribution >= 4 is 23.2 Å². The normalized spacial score (nSPS) is 15.6. The summed E-state index contributed by atoms with van der Waals surface area (Å²) in [6.07, 6.45) is 2.62. The van der Waals surface area contributed by atoms with Crippen molar-refractivity contribution in [3.63, 3.8) is 0 Å². The quantitative estimate of drug-likeness (QED) is 0.535. The molecule has 0 spiro atoms. The summed E-state index contributed by atoms with van der Waals surface area (Å²) in [7, 11) is 0. The van der Waals surface area contributed by atoms with Crippen LogP contribution in [0.25, 0.3) is 10.6 Å². The molecule has 2 heterocycles. The average Bonchev–Trinajstić information content (AvgIpc) is 3.19. The van der Waals surface area contributed by atoms with Crippen LogP contribution in [-0.4, -0.2) is 54.0 Å². The van der Waals surface area contributed by atoms with Gasteiger partial charge in [0.2, 0.25) is 5.91 Å². The molecule has 6 nitrogen and oxygen atoms in total. The Bertz CT molecular complexity index is 937. The van der Waals surface area contributed by atoms with Crippen LogP contribution >= 0.6 is 11.3 Å². The maximum absolute atomic E-state index is 13.2. The van der Waals surface area contributed by atoms with Gasteiger partial charge in [-0.15, -0.1) is 11.3 Å². The molecule has 1 N–H and O–H groups in total. The Labute approximate surface area is 199 Å². The highest BCUT2D eigenvalue weighted by Gasteiger charge is 2.31. The SMILES string of the molecule is Cc1nc(-c2ccc(F)cc2)sc1C(=O)N1CCC(C(C)C(=O)NCCCOC(C)C)CC1. The lowest BCUT2D eigenvalue weighted by molar-refractivity contribution is -0.126. The lowest BCUT2D eigenvalue weighted by atomic mass is 9.84. The number of benzene rings is 1. The van der Waals surface area contributed by atoms with E-state index in [-0.39, 0.29) is 35.6 Å². The minimum Gasteiger partial charge on any atom is -0.379 e. The van der Waals surface area contributed by atoms with Crippen LogP contribution in [0.2, 0.25) is 0 Å². The second kappa shape index (κ2) is 11.7. The molecule has 1 atom stereocenters. The first-order valence-corrected chi connectivity index (χ1v) is 12.5. The molecule has 1 aliphatic heterocycles. The lowest BCUT2D eigenvalue weighted by Crippen LogP contribution is -2.42. The Morgan fingerprint density at radius 1 is 1.21 bits per heavy atom. The first-order valence-electron chi connectivity index (χ1n) is 11.7. The maximum Gasteiger partial charge on any atom is 0.265 e. The number of aryl methyl sites for hydroxylation is 1. The standard InChI is InChI=1S/C25H34FN3O3S/c1-16(2)32-15-5-12-27-23(30)17(3)19-10-13-29(14-11-19)25(31)22-18(4)28-24(33-22)20-6-8-21(26)9-7-20/h6-9,16-17,19H,5,10-15H2,1-4H3,(H,27,30). The van der Waals surface area contributed by atoms with Crippen molar-refractivity contribution < 1.29 is 18.7 Å². The van der Waals surface area contributed by atoms with Crippen LogP contribution < -0.4 is 5.32 Å². The molecule has 3 rings (SSSR count). The smallest absolute Gasteiger partial charge is 0.265 e. The molecule has 1 unspecified atom stereocenters. The Kier molecular flexibility index (Phi) is 8.97. The van der Waals surface area contributed by atoms with E-state index in [0.717, 1.165) is 29.8 Å². The first kappa shape index (κ1) is 25.3. The van der Waals surface area contributed by atoms with Crippen molar-refractivity contribution in [2.75, 3.05) is 26.2 Å². The highest BCUT2D eigenvalue weighted by molar-refractivity contribution is 7.17. The Hall–Kier alpha value is -2.32. The number of carbonyl (C=O) groups is 2. The second-order valence-electron chi connectivity index (χ2n) is 8.92. The van der Waals surface area contributed by atoms with Gasteiger partial charge >= 0.3 is 0 Å². The predicted octanol–water partition coefficient (Wildman–Crippen LogP) is 4.68. The minimum absolute atomic E-state index is 0.0148. The highest BCUT2D eigenvalue weighted by Crippen LogP contribution is 2.31. The van der Waals surface area contributed by atoms with Crippen LogP contribution in [0.4, 0.5) is 4.39 Å². The number of halogens is 1. The molecule has 2 amide bonds. The molecular weight excluding hydrogens is 441 g/mol. The molecule has 1 aromatic carbocycles. The van der Waals surface area contributed by atoms with E-state index in [1.165, 1.54) is 23.5 Å². The molecule has 2 aromatic rings. The number of likely N-dealkylation sites (tertiary alicyclic amines) is 1. The predicted molar refractivity (Wildman–Crippen MR) is 129 cm³/mol. The van der Waals surface area contributed by atoms with Crippen LogP contribution in [0.15, 0.2) is 24.3 Å². The molecule has 1 aliphatic rings. The molecule has 1 aromatic heterocycles. The lowest BCUT2D eigenvalue weighted by Gasteiger charge is -2.34. The third-order valence-corrected chi connectivity index (χ3v) is 7.30. The Balaban J connectivity index is 1.50. The summed E-state index contributed by atoms with van der Waals surface area (Å²) in [6.45, 7) is 10.3. The summed E-state index contributed by atoms with van der Waals surface area (Å²) in [5.74, 6) is -0.0540. The number of nitrogens with zero attached hydrogens (tertiary/aromatic N) is 2. The monoisotopic (exact) mass is 475 g/mol. The number of rotatable bonds is 9. The van der Waals surface area contributed by atoms with Crippen LogP contribution in [0.3, 0.4) is 0 Å². The van der Waals surface area contributed by atoms with Gasteiger partial charge in [0.25, 0.3) is 5.91 Å². The third kappa shape index (κ3) is 6.84. The van der Waals surface area contributed by atoms with Gasteiger partial charge in [0.15, 0.2) is 0 Å². The fourth-order valence-corrected chi connectivity index (χ4v) is 5.07. The van der Waals surface area contributed by atoms with Gasteiger partial charge in [-0.2, -0.15) is 0 Å². The van der Waals surface area contributed by atoms with Crippen molar-refractivity contribution in [2.45, 2.75) is 53.1 Å². The van der Waals surface area contributed by atoms with E-state index in [1.807, 2.05) is 32.6 Å². The van der Waals surface area contributed by atoms with Crippen molar-refractivity contribution in [3.8, 4) is 10.6 Å². The first-order chi connectivity index (χ1) is 15.8. The van der Waals surface area contributed by atoms with E-state index in [1.54, 1.807) is 12.1 Å². The summed E-state index contributed by atoms with van der Waals surface area (Å²) in [5.41, 5.74) is 1.50. The molecule has 8 heteroatoms. The number of nitrogens with one attached hydrogen (secondary N) is 1. The van der Waals surface area contributed by atoms with Gasteiger partial charge in [-0.25, -0.2) is 9.37 Å². The van der Waals surface area contributed by atoms with Gasteiger partial charge < -0.3 is 15.0 Å². The summed E-state index contributed by atoms with van der Waals surface area (Å²) in [4.78, 5) is 32.7. The molecule has 1 saturated heterocycles. The van der Waals surface area contributed by atoms with Crippen LogP contribution in [-0.2, 0) is 9.53 Å². The number of carbonyl (C=O) groups excluding carboxylic acids is 2. The van der Waals surface area contributed by atoms with Crippen LogP contribution in [0, 0.1) is 24.6 Å². The van der Waals surface area contributed by atoms with E-state index in [0.29, 0.717) is 36.8 Å². The molecule has 0 bridgehead atoms. The van der Waals surface area contributed by atoms with Gasteiger partial charge in [-0.05, 0) is 70.2 Å². The molecule has 33 heavy (non-hydrogen) atoms. The zero-order valence-corrected chi connectivity index (χ0v) is 20.7. The Morgan fingerprint density at radius 2 is 1.88 bits per heavy atom. The van der Waals surface area contributed by atoms with Gasteiger partial charge in [0.05, 0.1) is 11.8 Å². The number of piperidine rings is 1. The van der Waals surface area contributed by atoms with Crippen molar-refractivity contribution in [3.05, 3.63) is 40.7 Å². The number of thiazole rings is 1. The van der Waals surface area contributed by atoms with Gasteiger partial charge in [0.1, 0.15) is 15.7 Å². The highest BCUT2D eigenvalue weighted by atomic mass is 32.1. The fraction of sp³-hybridized carbons (Fsp3) is 0.560. The summed E-state index contributed by atoms with van der Waals surface area (Å²) >= 11 is 1.35. The van der Waals surface area contributed by atoms with Gasteiger partial charge in [0, 0.05) is 37.7 Å². The Morgan fingerprint density at radius 3 is 2.52 bits per heavy atom. The zero-order chi connectivity index (χ0) is 24.0. The minimum atomic E-state index is -0.297. The zero-order valence-electron chi connectivity index (χ0n) is 19.9. The maximum atomic E-state index is 13.2. The van der Waals surface area contributed by atoms with Crippen LogP contribution in [0.5, 0.6) is 0 Å². The van der Waals surface area contributed by atoms with E-state index >= 15 is 0 Å². The number of amides is 2. The summed E-state index contributed by atoms with van der Waals surface area (Å²) in [5, 5.41) is 3.73.